The zero-order valence-corrected chi connectivity index (χ0v) is 12.0. The molecule has 0 fully saturated rings. The quantitative estimate of drug-likeness (QED) is 0.610. The zero-order chi connectivity index (χ0) is 15.0. The number of nitrogens with one attached hydrogen (secondary N) is 1. The van der Waals surface area contributed by atoms with Crippen LogP contribution >= 0.6 is 11.8 Å². The van der Waals surface area contributed by atoms with E-state index in [0.717, 1.165) is 18.4 Å². The van der Waals surface area contributed by atoms with Gasteiger partial charge in [-0.05, 0) is 19.1 Å². The van der Waals surface area contributed by atoms with E-state index >= 15 is 0 Å². The molecule has 6 nitrogen and oxygen atoms in total. The Labute approximate surface area is 121 Å². The molecule has 0 aromatic carbocycles. The van der Waals surface area contributed by atoms with E-state index in [1.165, 1.54) is 0 Å². The molecule has 3 N–H and O–H groups in total. The summed E-state index contributed by atoms with van der Waals surface area (Å²) in [5, 5.41) is 20.5. The van der Waals surface area contributed by atoms with Crippen molar-refractivity contribution >= 4 is 23.6 Å². The predicted molar refractivity (Wildman–Crippen MR) is 76.3 cm³/mol. The van der Waals surface area contributed by atoms with E-state index in [2.05, 4.69) is 10.3 Å². The minimum absolute atomic E-state index is 0.271. The molecule has 1 aromatic heterocycles. The van der Waals surface area contributed by atoms with Crippen molar-refractivity contribution in [3.8, 4) is 0 Å². The topological polar surface area (TPSA) is 99.5 Å². The third-order valence-electron chi connectivity index (χ3n) is 2.54. The van der Waals surface area contributed by atoms with Gasteiger partial charge >= 0.3 is 5.97 Å². The maximum atomic E-state index is 11.5. The molecule has 0 spiro atoms. The van der Waals surface area contributed by atoms with Gasteiger partial charge in [0.25, 0.3) is 0 Å². The number of pyridine rings is 1. The number of aliphatic hydroxyl groups is 1. The van der Waals surface area contributed by atoms with Crippen LogP contribution in [-0.4, -0.2) is 45.0 Å². The Hall–Kier alpha value is -1.60. The largest absolute Gasteiger partial charge is 0.479 e. The van der Waals surface area contributed by atoms with E-state index in [4.69, 9.17) is 5.11 Å². The smallest absolute Gasteiger partial charge is 0.337 e. The SMILES string of the molecule is CC(O)(CNC(=O)CCSCc1ccccn1)C(=O)O. The molecule has 7 heteroatoms. The van der Waals surface area contributed by atoms with Gasteiger partial charge in [-0.1, -0.05) is 6.07 Å². The van der Waals surface area contributed by atoms with E-state index in [9.17, 15) is 14.7 Å². The van der Waals surface area contributed by atoms with Crippen molar-refractivity contribution in [3.63, 3.8) is 0 Å². The summed E-state index contributed by atoms with van der Waals surface area (Å²) in [4.78, 5) is 26.3. The molecule has 0 bridgehead atoms. The zero-order valence-electron chi connectivity index (χ0n) is 11.2. The first kappa shape index (κ1) is 16.5. The van der Waals surface area contributed by atoms with Gasteiger partial charge in [-0.25, -0.2) is 4.79 Å². The second kappa shape index (κ2) is 7.86. The fourth-order valence-corrected chi connectivity index (χ4v) is 2.11. The molecule has 1 unspecified atom stereocenters. The number of carboxylic acids is 1. The molecular weight excluding hydrogens is 280 g/mol. The van der Waals surface area contributed by atoms with Crippen molar-refractivity contribution in [3.05, 3.63) is 30.1 Å². The lowest BCUT2D eigenvalue weighted by atomic mass is 10.1. The number of hydrogen-bond acceptors (Lipinski definition) is 5. The van der Waals surface area contributed by atoms with Gasteiger partial charge in [-0.3, -0.25) is 9.78 Å². The van der Waals surface area contributed by atoms with Gasteiger partial charge in [0.15, 0.2) is 5.60 Å². The van der Waals surface area contributed by atoms with Crippen LogP contribution in [-0.2, 0) is 15.3 Å². The lowest BCUT2D eigenvalue weighted by Gasteiger charge is -2.18. The Morgan fingerprint density at radius 1 is 1.45 bits per heavy atom. The lowest BCUT2D eigenvalue weighted by Crippen LogP contribution is -2.46. The average Bonchev–Trinajstić information content (AvgIpc) is 2.42. The molecule has 0 radical (unpaired) electrons. The Bertz CT molecular complexity index is 451. The number of thioether (sulfide) groups is 1. The van der Waals surface area contributed by atoms with Crippen LogP contribution in [0.4, 0.5) is 0 Å². The highest BCUT2D eigenvalue weighted by Crippen LogP contribution is 2.10. The second-order valence-electron chi connectivity index (χ2n) is 4.48. The van der Waals surface area contributed by atoms with E-state index in [1.807, 2.05) is 18.2 Å². The summed E-state index contributed by atoms with van der Waals surface area (Å²) in [5.41, 5.74) is -0.983. The predicted octanol–water partition coefficient (Wildman–Crippen LogP) is 0.657. The fraction of sp³-hybridized carbons (Fsp3) is 0.462. The molecule has 1 heterocycles. The van der Waals surface area contributed by atoms with Gasteiger partial charge in [-0.2, -0.15) is 11.8 Å². The van der Waals surface area contributed by atoms with Gasteiger partial charge in [-0.15, -0.1) is 0 Å². The summed E-state index contributed by atoms with van der Waals surface area (Å²) in [6.07, 6.45) is 1.99. The molecule has 0 aliphatic carbocycles. The summed E-state index contributed by atoms with van der Waals surface area (Å²) in [6, 6.07) is 5.66. The normalized spacial score (nSPS) is 13.5. The van der Waals surface area contributed by atoms with E-state index < -0.39 is 11.6 Å². The number of hydrogen-bond donors (Lipinski definition) is 3. The molecule has 1 atom stereocenters. The molecule has 0 saturated carbocycles. The first-order valence-electron chi connectivity index (χ1n) is 6.12. The number of carbonyl (C=O) groups excluding carboxylic acids is 1. The van der Waals surface area contributed by atoms with Crippen molar-refractivity contribution < 1.29 is 19.8 Å². The molecule has 0 aliphatic rings. The summed E-state index contributed by atoms with van der Waals surface area (Å²) in [7, 11) is 0. The van der Waals surface area contributed by atoms with Crippen molar-refractivity contribution in [1.82, 2.24) is 10.3 Å². The summed E-state index contributed by atoms with van der Waals surface area (Å²) in [5.74, 6) is -0.305. The van der Waals surface area contributed by atoms with Gasteiger partial charge in [0.2, 0.25) is 5.91 Å². The highest BCUT2D eigenvalue weighted by atomic mass is 32.2. The molecule has 110 valence electrons. The number of carboxylic acid groups (broad SMARTS) is 1. The maximum Gasteiger partial charge on any atom is 0.337 e. The number of rotatable bonds is 8. The van der Waals surface area contributed by atoms with Crippen LogP contribution in [0, 0.1) is 0 Å². The summed E-state index contributed by atoms with van der Waals surface area (Å²) >= 11 is 1.57. The first-order chi connectivity index (χ1) is 9.42. The van der Waals surface area contributed by atoms with E-state index in [1.54, 1.807) is 18.0 Å². The first-order valence-corrected chi connectivity index (χ1v) is 7.27. The molecule has 0 aliphatic heterocycles. The Morgan fingerprint density at radius 3 is 2.80 bits per heavy atom. The molecule has 1 rings (SSSR count). The number of amides is 1. The maximum absolute atomic E-state index is 11.5. The minimum Gasteiger partial charge on any atom is -0.479 e. The van der Waals surface area contributed by atoms with Gasteiger partial charge in [0, 0.05) is 24.1 Å². The number of nitrogens with zero attached hydrogens (tertiary/aromatic N) is 1. The molecule has 20 heavy (non-hydrogen) atoms. The number of aliphatic carboxylic acids is 1. The van der Waals surface area contributed by atoms with E-state index in [-0.39, 0.29) is 18.9 Å². The molecule has 1 amide bonds. The van der Waals surface area contributed by atoms with Crippen LogP contribution < -0.4 is 5.32 Å². The summed E-state index contributed by atoms with van der Waals surface area (Å²) in [6.45, 7) is 0.845. The number of aromatic nitrogens is 1. The van der Waals surface area contributed by atoms with Crippen molar-refractivity contribution in [2.75, 3.05) is 12.3 Å². The lowest BCUT2D eigenvalue weighted by molar-refractivity contribution is -0.156. The molecule has 0 saturated heterocycles. The third-order valence-corrected chi connectivity index (χ3v) is 3.53. The van der Waals surface area contributed by atoms with Crippen LogP contribution in [0.15, 0.2) is 24.4 Å². The van der Waals surface area contributed by atoms with Crippen LogP contribution in [0.25, 0.3) is 0 Å². The molecular formula is C13H18N2O4S. The molecule has 1 aromatic rings. The summed E-state index contributed by atoms with van der Waals surface area (Å²) < 4.78 is 0. The van der Waals surface area contributed by atoms with Crippen molar-refractivity contribution in [2.24, 2.45) is 0 Å². The Kier molecular flexibility index (Phi) is 6.47. The van der Waals surface area contributed by atoms with Gasteiger partial charge in [0.05, 0.1) is 12.2 Å². The van der Waals surface area contributed by atoms with Gasteiger partial charge in [0.1, 0.15) is 0 Å². The monoisotopic (exact) mass is 298 g/mol. The van der Waals surface area contributed by atoms with Crippen LogP contribution in [0.2, 0.25) is 0 Å². The fourth-order valence-electron chi connectivity index (χ4n) is 1.26. The average molecular weight is 298 g/mol. The van der Waals surface area contributed by atoms with Crippen LogP contribution in [0.1, 0.15) is 19.0 Å². The van der Waals surface area contributed by atoms with Crippen molar-refractivity contribution in [2.45, 2.75) is 24.7 Å². The Morgan fingerprint density at radius 2 is 2.20 bits per heavy atom. The van der Waals surface area contributed by atoms with E-state index in [0.29, 0.717) is 5.75 Å². The van der Waals surface area contributed by atoms with Crippen LogP contribution in [0.3, 0.4) is 0 Å². The third kappa shape index (κ3) is 6.03. The number of carbonyl (C=O) groups is 2. The Balaban J connectivity index is 2.16. The highest BCUT2D eigenvalue weighted by Gasteiger charge is 2.30. The standard InChI is InChI=1S/C13H18N2O4S/c1-13(19,12(17)18)9-15-11(16)5-7-20-8-10-4-2-3-6-14-10/h2-4,6,19H,5,7-9H2,1H3,(H,15,16)(H,17,18). The second-order valence-corrected chi connectivity index (χ2v) is 5.58. The minimum atomic E-state index is -1.93. The van der Waals surface area contributed by atoms with Gasteiger partial charge < -0.3 is 15.5 Å². The van der Waals surface area contributed by atoms with Crippen LogP contribution in [0.5, 0.6) is 0 Å². The highest BCUT2D eigenvalue weighted by molar-refractivity contribution is 7.98. The van der Waals surface area contributed by atoms with Crippen molar-refractivity contribution in [1.29, 1.82) is 0 Å².